The van der Waals surface area contributed by atoms with Crippen molar-refractivity contribution in [1.82, 2.24) is 10.3 Å². The van der Waals surface area contributed by atoms with Crippen LogP contribution in [0.3, 0.4) is 0 Å². The standard InChI is InChI=1S/C14H20N2/c1-3-12(9-16-14-6-7-14)8-13-5-4-11(2)15-10-13/h4-5,8,10,14,16H,3,6-7,9H2,1-2H3/b12-8-. The topological polar surface area (TPSA) is 24.9 Å². The van der Waals surface area contributed by atoms with Crippen LogP contribution in [0.4, 0.5) is 0 Å². The highest BCUT2D eigenvalue weighted by Gasteiger charge is 2.19. The molecule has 2 rings (SSSR count). The van der Waals surface area contributed by atoms with Crippen molar-refractivity contribution < 1.29 is 0 Å². The van der Waals surface area contributed by atoms with Crippen molar-refractivity contribution >= 4 is 6.08 Å². The van der Waals surface area contributed by atoms with Gasteiger partial charge in [-0.05, 0) is 37.8 Å². The molecule has 1 saturated carbocycles. The largest absolute Gasteiger partial charge is 0.310 e. The van der Waals surface area contributed by atoms with Crippen molar-refractivity contribution in [3.05, 3.63) is 35.2 Å². The fourth-order valence-corrected chi connectivity index (χ4v) is 1.64. The third kappa shape index (κ3) is 3.46. The van der Waals surface area contributed by atoms with E-state index in [9.17, 15) is 0 Å². The van der Waals surface area contributed by atoms with Gasteiger partial charge in [-0.15, -0.1) is 0 Å². The van der Waals surface area contributed by atoms with E-state index in [0.717, 1.165) is 24.7 Å². The molecule has 0 radical (unpaired) electrons. The van der Waals surface area contributed by atoms with Crippen molar-refractivity contribution in [3.63, 3.8) is 0 Å². The molecule has 2 heteroatoms. The van der Waals surface area contributed by atoms with E-state index in [2.05, 4.69) is 35.4 Å². The first-order valence-corrected chi connectivity index (χ1v) is 6.13. The number of hydrogen-bond donors (Lipinski definition) is 1. The van der Waals surface area contributed by atoms with Crippen LogP contribution < -0.4 is 5.32 Å². The lowest BCUT2D eigenvalue weighted by Crippen LogP contribution is -2.18. The molecule has 0 spiro atoms. The van der Waals surface area contributed by atoms with Crippen molar-refractivity contribution in [2.24, 2.45) is 0 Å². The molecule has 1 aliphatic carbocycles. The summed E-state index contributed by atoms with van der Waals surface area (Å²) in [6.07, 6.45) is 8.00. The quantitative estimate of drug-likeness (QED) is 0.818. The summed E-state index contributed by atoms with van der Waals surface area (Å²) in [6, 6.07) is 4.98. The van der Waals surface area contributed by atoms with E-state index < -0.39 is 0 Å². The zero-order chi connectivity index (χ0) is 11.4. The van der Waals surface area contributed by atoms with E-state index in [1.54, 1.807) is 0 Å². The lowest BCUT2D eigenvalue weighted by molar-refractivity contribution is 0.723. The first kappa shape index (κ1) is 11.3. The Kier molecular flexibility index (Phi) is 3.73. The van der Waals surface area contributed by atoms with Crippen LogP contribution in [0, 0.1) is 6.92 Å². The second kappa shape index (κ2) is 5.26. The molecule has 0 aromatic carbocycles. The van der Waals surface area contributed by atoms with Crippen LogP contribution in [-0.4, -0.2) is 17.6 Å². The summed E-state index contributed by atoms with van der Waals surface area (Å²) in [4.78, 5) is 4.31. The Morgan fingerprint density at radius 1 is 1.50 bits per heavy atom. The Labute approximate surface area is 97.8 Å². The maximum absolute atomic E-state index is 4.31. The van der Waals surface area contributed by atoms with E-state index in [4.69, 9.17) is 0 Å². The van der Waals surface area contributed by atoms with E-state index in [1.165, 1.54) is 24.0 Å². The summed E-state index contributed by atoms with van der Waals surface area (Å²) >= 11 is 0. The molecule has 1 fully saturated rings. The van der Waals surface area contributed by atoms with Gasteiger partial charge >= 0.3 is 0 Å². The molecule has 1 heterocycles. The van der Waals surface area contributed by atoms with Crippen LogP contribution in [0.5, 0.6) is 0 Å². The summed E-state index contributed by atoms with van der Waals surface area (Å²) in [7, 11) is 0. The van der Waals surface area contributed by atoms with E-state index in [0.29, 0.717) is 0 Å². The van der Waals surface area contributed by atoms with Crippen LogP contribution in [0.25, 0.3) is 6.08 Å². The normalized spacial score (nSPS) is 16.5. The third-order valence-corrected chi connectivity index (χ3v) is 2.95. The molecular weight excluding hydrogens is 196 g/mol. The SMILES string of the molecule is CC/C(=C/c1ccc(C)nc1)CNC1CC1. The molecule has 86 valence electrons. The number of rotatable bonds is 5. The number of nitrogens with zero attached hydrogens (tertiary/aromatic N) is 1. The van der Waals surface area contributed by atoms with Crippen LogP contribution in [0.1, 0.15) is 37.4 Å². The minimum atomic E-state index is 0.783. The van der Waals surface area contributed by atoms with E-state index in [-0.39, 0.29) is 0 Å². The van der Waals surface area contributed by atoms with Crippen LogP contribution in [-0.2, 0) is 0 Å². The van der Waals surface area contributed by atoms with Gasteiger partial charge in [-0.2, -0.15) is 0 Å². The molecule has 0 amide bonds. The van der Waals surface area contributed by atoms with Gasteiger partial charge in [0.2, 0.25) is 0 Å². The van der Waals surface area contributed by atoms with Crippen molar-refractivity contribution in [1.29, 1.82) is 0 Å². The van der Waals surface area contributed by atoms with Gasteiger partial charge in [-0.3, -0.25) is 4.98 Å². The number of aryl methyl sites for hydroxylation is 1. The van der Waals surface area contributed by atoms with Gasteiger partial charge in [-0.1, -0.05) is 24.6 Å². The minimum Gasteiger partial charge on any atom is -0.310 e. The Bertz CT molecular complexity index is 361. The molecule has 0 atom stereocenters. The predicted octanol–water partition coefficient (Wildman–Crippen LogP) is 2.94. The highest BCUT2D eigenvalue weighted by molar-refractivity contribution is 5.52. The lowest BCUT2D eigenvalue weighted by Gasteiger charge is -2.06. The van der Waals surface area contributed by atoms with E-state index in [1.807, 2.05) is 13.1 Å². The molecule has 1 aromatic heterocycles. The number of nitrogens with one attached hydrogen (secondary N) is 1. The predicted molar refractivity (Wildman–Crippen MR) is 68.3 cm³/mol. The molecule has 1 aromatic rings. The van der Waals surface area contributed by atoms with Gasteiger partial charge < -0.3 is 5.32 Å². The first-order valence-electron chi connectivity index (χ1n) is 6.13. The Hall–Kier alpha value is -1.15. The van der Waals surface area contributed by atoms with Crippen LogP contribution in [0.2, 0.25) is 0 Å². The summed E-state index contributed by atoms with van der Waals surface area (Å²) in [6.45, 7) is 5.25. The zero-order valence-corrected chi connectivity index (χ0v) is 10.2. The lowest BCUT2D eigenvalue weighted by atomic mass is 10.1. The van der Waals surface area contributed by atoms with Crippen LogP contribution >= 0.6 is 0 Å². The molecule has 2 nitrogen and oxygen atoms in total. The third-order valence-electron chi connectivity index (χ3n) is 2.95. The average molecular weight is 216 g/mol. The fraction of sp³-hybridized carbons (Fsp3) is 0.500. The molecule has 1 N–H and O–H groups in total. The van der Waals surface area contributed by atoms with Crippen molar-refractivity contribution in [2.45, 2.75) is 39.2 Å². The van der Waals surface area contributed by atoms with Crippen molar-refractivity contribution in [2.75, 3.05) is 6.54 Å². The highest BCUT2D eigenvalue weighted by Crippen LogP contribution is 2.19. The van der Waals surface area contributed by atoms with E-state index >= 15 is 0 Å². The van der Waals surface area contributed by atoms with Gasteiger partial charge in [0.05, 0.1) is 0 Å². The molecule has 0 aliphatic heterocycles. The molecule has 1 aliphatic rings. The summed E-state index contributed by atoms with van der Waals surface area (Å²) in [5.41, 5.74) is 3.74. The summed E-state index contributed by atoms with van der Waals surface area (Å²) in [5, 5.41) is 3.55. The second-order valence-electron chi connectivity index (χ2n) is 4.54. The average Bonchev–Trinajstić information content (AvgIpc) is 3.11. The fourth-order valence-electron chi connectivity index (χ4n) is 1.64. The molecular formula is C14H20N2. The zero-order valence-electron chi connectivity index (χ0n) is 10.2. The van der Waals surface area contributed by atoms with Gasteiger partial charge in [0.1, 0.15) is 0 Å². The number of aromatic nitrogens is 1. The smallest absolute Gasteiger partial charge is 0.0373 e. The Balaban J connectivity index is 1.97. The van der Waals surface area contributed by atoms with Crippen LogP contribution in [0.15, 0.2) is 23.9 Å². The number of hydrogen-bond acceptors (Lipinski definition) is 2. The first-order chi connectivity index (χ1) is 7.78. The minimum absolute atomic E-state index is 0.783. The van der Waals surface area contributed by atoms with Gasteiger partial charge in [0, 0.05) is 24.5 Å². The van der Waals surface area contributed by atoms with Crippen molar-refractivity contribution in [3.8, 4) is 0 Å². The second-order valence-corrected chi connectivity index (χ2v) is 4.54. The Morgan fingerprint density at radius 2 is 2.31 bits per heavy atom. The summed E-state index contributed by atoms with van der Waals surface area (Å²) < 4.78 is 0. The molecule has 0 saturated heterocycles. The molecule has 16 heavy (non-hydrogen) atoms. The maximum Gasteiger partial charge on any atom is 0.0373 e. The molecule has 0 unspecified atom stereocenters. The summed E-state index contributed by atoms with van der Waals surface area (Å²) in [5.74, 6) is 0. The Morgan fingerprint density at radius 3 is 2.88 bits per heavy atom. The monoisotopic (exact) mass is 216 g/mol. The maximum atomic E-state index is 4.31. The van der Waals surface area contributed by atoms with Gasteiger partial charge in [-0.25, -0.2) is 0 Å². The number of pyridine rings is 1. The highest BCUT2D eigenvalue weighted by atomic mass is 14.9. The van der Waals surface area contributed by atoms with Gasteiger partial charge in [0.15, 0.2) is 0 Å². The molecule has 0 bridgehead atoms. The van der Waals surface area contributed by atoms with Gasteiger partial charge in [0.25, 0.3) is 0 Å².